The van der Waals surface area contributed by atoms with Gasteiger partial charge in [0.15, 0.2) is 5.13 Å². The summed E-state index contributed by atoms with van der Waals surface area (Å²) in [5.74, 6) is 0.212. The number of nitrogens with zero attached hydrogens (tertiary/aromatic N) is 2. The van der Waals surface area contributed by atoms with Gasteiger partial charge in [0.25, 0.3) is 0 Å². The van der Waals surface area contributed by atoms with E-state index in [9.17, 15) is 9.18 Å². The molecule has 3 rings (SSSR count). The fourth-order valence-corrected chi connectivity index (χ4v) is 3.99. The summed E-state index contributed by atoms with van der Waals surface area (Å²) in [4.78, 5) is 19.1. The molecule has 6 heteroatoms. The van der Waals surface area contributed by atoms with Gasteiger partial charge in [-0.3, -0.25) is 9.69 Å². The molecule has 0 saturated carbocycles. The van der Waals surface area contributed by atoms with Crippen molar-refractivity contribution in [3.8, 4) is 0 Å². The minimum absolute atomic E-state index is 0.0497. The highest BCUT2D eigenvalue weighted by molar-refractivity contribution is 8.00. The standard InChI is InChI=1S/C13H11FN2OS2/c1-8-6-15-13(19-8)16-11(17)7-18-12(16)9-2-4-10(14)5-3-9/h2-6,12H,7H2,1H3/t12-/m1/s1. The van der Waals surface area contributed by atoms with Crippen molar-refractivity contribution in [3.63, 3.8) is 0 Å². The lowest BCUT2D eigenvalue weighted by Crippen LogP contribution is -2.27. The topological polar surface area (TPSA) is 33.2 Å². The molecule has 0 aliphatic carbocycles. The van der Waals surface area contributed by atoms with E-state index in [4.69, 9.17) is 0 Å². The third-order valence-corrected chi connectivity index (χ3v) is 4.96. The lowest BCUT2D eigenvalue weighted by atomic mass is 10.2. The van der Waals surface area contributed by atoms with E-state index in [1.807, 2.05) is 6.92 Å². The molecule has 0 radical (unpaired) electrons. The number of aromatic nitrogens is 1. The highest BCUT2D eigenvalue weighted by Crippen LogP contribution is 2.42. The fourth-order valence-electron chi connectivity index (χ4n) is 1.96. The molecule has 2 heterocycles. The Labute approximate surface area is 118 Å². The molecule has 1 fully saturated rings. The van der Waals surface area contributed by atoms with Crippen molar-refractivity contribution in [1.29, 1.82) is 0 Å². The molecule has 0 N–H and O–H groups in total. The number of anilines is 1. The third-order valence-electron chi connectivity index (χ3n) is 2.84. The highest BCUT2D eigenvalue weighted by atomic mass is 32.2. The van der Waals surface area contributed by atoms with Gasteiger partial charge in [-0.25, -0.2) is 9.37 Å². The first-order valence-corrected chi connectivity index (χ1v) is 7.63. The van der Waals surface area contributed by atoms with Crippen LogP contribution in [0.4, 0.5) is 9.52 Å². The minimum atomic E-state index is -0.269. The van der Waals surface area contributed by atoms with Gasteiger partial charge in [-0.2, -0.15) is 0 Å². The van der Waals surface area contributed by atoms with Crippen LogP contribution in [-0.2, 0) is 4.79 Å². The van der Waals surface area contributed by atoms with E-state index >= 15 is 0 Å². The van der Waals surface area contributed by atoms with E-state index in [1.165, 1.54) is 23.5 Å². The van der Waals surface area contributed by atoms with Crippen molar-refractivity contribution >= 4 is 34.1 Å². The smallest absolute Gasteiger partial charge is 0.240 e. The second kappa shape index (κ2) is 4.94. The first kappa shape index (κ1) is 12.6. The molecule has 1 aromatic heterocycles. The number of halogens is 1. The number of rotatable bonds is 2. The summed E-state index contributed by atoms with van der Waals surface area (Å²) in [7, 11) is 0. The van der Waals surface area contributed by atoms with Crippen molar-refractivity contribution < 1.29 is 9.18 Å². The van der Waals surface area contributed by atoms with E-state index in [1.54, 1.807) is 35.0 Å². The second-order valence-corrected chi connectivity index (χ2v) is 6.51. The van der Waals surface area contributed by atoms with E-state index in [2.05, 4.69) is 4.98 Å². The van der Waals surface area contributed by atoms with Crippen LogP contribution in [0.25, 0.3) is 0 Å². The van der Waals surface area contributed by atoms with Crippen LogP contribution in [0.5, 0.6) is 0 Å². The van der Waals surface area contributed by atoms with Crippen LogP contribution in [-0.4, -0.2) is 16.6 Å². The third kappa shape index (κ3) is 2.37. The molecule has 1 amide bonds. The first-order chi connectivity index (χ1) is 9.15. The number of thioether (sulfide) groups is 1. The Hall–Kier alpha value is -1.40. The Kier molecular flexibility index (Phi) is 3.28. The van der Waals surface area contributed by atoms with Crippen molar-refractivity contribution in [2.75, 3.05) is 10.7 Å². The minimum Gasteiger partial charge on any atom is -0.273 e. The molecule has 1 aliphatic heterocycles. The Balaban J connectivity index is 1.96. The summed E-state index contributed by atoms with van der Waals surface area (Å²) in [5, 5.41) is 0.598. The predicted octanol–water partition coefficient (Wildman–Crippen LogP) is 3.37. The zero-order valence-electron chi connectivity index (χ0n) is 10.2. The molecular formula is C13H11FN2OS2. The molecule has 0 bridgehead atoms. The normalized spacial score (nSPS) is 19.2. The highest BCUT2D eigenvalue weighted by Gasteiger charge is 2.35. The van der Waals surface area contributed by atoms with E-state index < -0.39 is 0 Å². The second-order valence-electron chi connectivity index (χ2n) is 4.23. The van der Waals surface area contributed by atoms with Crippen LogP contribution >= 0.6 is 23.1 Å². The molecule has 0 spiro atoms. The summed E-state index contributed by atoms with van der Waals surface area (Å²) in [6.45, 7) is 1.96. The van der Waals surface area contributed by atoms with Gasteiger partial charge >= 0.3 is 0 Å². The van der Waals surface area contributed by atoms with Crippen LogP contribution in [0.3, 0.4) is 0 Å². The number of carbonyl (C=O) groups excluding carboxylic acids is 1. The lowest BCUT2D eigenvalue weighted by molar-refractivity contribution is -0.115. The maximum absolute atomic E-state index is 13.0. The predicted molar refractivity (Wildman–Crippen MR) is 75.9 cm³/mol. The van der Waals surface area contributed by atoms with Crippen molar-refractivity contribution in [3.05, 3.63) is 46.7 Å². The summed E-state index contributed by atoms with van der Waals surface area (Å²) >= 11 is 3.04. The van der Waals surface area contributed by atoms with Crippen LogP contribution in [0.1, 0.15) is 15.8 Å². The van der Waals surface area contributed by atoms with Crippen LogP contribution in [0.2, 0.25) is 0 Å². The first-order valence-electron chi connectivity index (χ1n) is 5.77. The number of carbonyl (C=O) groups is 1. The zero-order valence-corrected chi connectivity index (χ0v) is 11.8. The molecule has 2 aromatic rings. The number of benzene rings is 1. The molecule has 1 atom stereocenters. The number of aryl methyl sites for hydroxylation is 1. The average molecular weight is 294 g/mol. The van der Waals surface area contributed by atoms with Crippen LogP contribution < -0.4 is 4.90 Å². The zero-order chi connectivity index (χ0) is 13.4. The number of hydrogen-bond acceptors (Lipinski definition) is 4. The lowest BCUT2D eigenvalue weighted by Gasteiger charge is -2.21. The molecule has 0 unspecified atom stereocenters. The van der Waals surface area contributed by atoms with E-state index in [-0.39, 0.29) is 17.1 Å². The summed E-state index contributed by atoms with van der Waals surface area (Å²) in [6.07, 6.45) is 1.76. The summed E-state index contributed by atoms with van der Waals surface area (Å²) < 4.78 is 13.0. The van der Waals surface area contributed by atoms with Gasteiger partial charge in [-0.15, -0.1) is 23.1 Å². The molecule has 19 heavy (non-hydrogen) atoms. The Morgan fingerprint density at radius 1 is 1.37 bits per heavy atom. The Bertz CT molecular complexity index is 611. The van der Waals surface area contributed by atoms with Crippen LogP contribution in [0, 0.1) is 12.7 Å². The quantitative estimate of drug-likeness (QED) is 0.851. The van der Waals surface area contributed by atoms with Gasteiger partial charge in [0.05, 0.1) is 5.75 Å². The molecule has 1 aliphatic rings. The number of hydrogen-bond donors (Lipinski definition) is 0. The van der Waals surface area contributed by atoms with Crippen molar-refractivity contribution in [2.45, 2.75) is 12.3 Å². The van der Waals surface area contributed by atoms with Gasteiger partial charge in [0.1, 0.15) is 11.2 Å². The van der Waals surface area contributed by atoms with E-state index in [0.717, 1.165) is 10.4 Å². The van der Waals surface area contributed by atoms with Gasteiger partial charge in [-0.05, 0) is 24.6 Å². The van der Waals surface area contributed by atoms with Crippen molar-refractivity contribution in [1.82, 2.24) is 4.98 Å². The average Bonchev–Trinajstić information content (AvgIpc) is 2.96. The number of amides is 1. The molecule has 1 saturated heterocycles. The largest absolute Gasteiger partial charge is 0.273 e. The molecule has 1 aromatic carbocycles. The van der Waals surface area contributed by atoms with Gasteiger partial charge in [0, 0.05) is 11.1 Å². The summed E-state index contributed by atoms with van der Waals surface area (Å²) in [5.41, 5.74) is 0.921. The van der Waals surface area contributed by atoms with Crippen LogP contribution in [0.15, 0.2) is 30.5 Å². The maximum atomic E-state index is 13.0. The van der Waals surface area contributed by atoms with Crippen molar-refractivity contribution in [2.24, 2.45) is 0 Å². The monoisotopic (exact) mass is 294 g/mol. The van der Waals surface area contributed by atoms with E-state index in [0.29, 0.717) is 10.9 Å². The SMILES string of the molecule is Cc1cnc(N2C(=O)CS[C@@H]2c2ccc(F)cc2)s1. The summed E-state index contributed by atoms with van der Waals surface area (Å²) in [6, 6.07) is 6.28. The number of thiazole rings is 1. The fraction of sp³-hybridized carbons (Fsp3) is 0.231. The van der Waals surface area contributed by atoms with Gasteiger partial charge < -0.3 is 0 Å². The Morgan fingerprint density at radius 2 is 2.11 bits per heavy atom. The van der Waals surface area contributed by atoms with Gasteiger partial charge in [-0.1, -0.05) is 12.1 Å². The molecule has 98 valence electrons. The van der Waals surface area contributed by atoms with Gasteiger partial charge in [0.2, 0.25) is 5.91 Å². The Morgan fingerprint density at radius 3 is 2.74 bits per heavy atom. The maximum Gasteiger partial charge on any atom is 0.240 e. The molecular weight excluding hydrogens is 283 g/mol. The molecule has 3 nitrogen and oxygen atoms in total.